The molecule has 0 saturated carbocycles. The van der Waals surface area contributed by atoms with E-state index in [0.29, 0.717) is 10.7 Å². The normalized spacial score (nSPS) is 14.6. The SMILES string of the molecule is Cc1ccc(NC(=O)[C@@H](C)Oc2cccc3c2CCCC3)cc1Cl. The van der Waals surface area contributed by atoms with Crippen LogP contribution in [0.4, 0.5) is 5.69 Å². The number of fused-ring (bicyclic) bond motifs is 1. The Morgan fingerprint density at radius 1 is 1.21 bits per heavy atom. The molecule has 0 radical (unpaired) electrons. The molecular weight excluding hydrogens is 322 g/mol. The van der Waals surface area contributed by atoms with E-state index in [1.807, 2.05) is 31.2 Å². The molecule has 0 saturated heterocycles. The Bertz CT molecular complexity index is 757. The molecule has 3 rings (SSSR count). The summed E-state index contributed by atoms with van der Waals surface area (Å²) in [5.41, 5.74) is 4.26. The van der Waals surface area contributed by atoms with E-state index in [-0.39, 0.29) is 5.91 Å². The predicted octanol–water partition coefficient (Wildman–Crippen LogP) is 4.93. The van der Waals surface area contributed by atoms with Gasteiger partial charge >= 0.3 is 0 Å². The Balaban J connectivity index is 1.69. The molecule has 0 aromatic heterocycles. The number of carbonyl (C=O) groups is 1. The van der Waals surface area contributed by atoms with Crippen LogP contribution in [-0.4, -0.2) is 12.0 Å². The maximum absolute atomic E-state index is 12.4. The number of carbonyl (C=O) groups excluding carboxylic acids is 1. The van der Waals surface area contributed by atoms with Crippen molar-refractivity contribution >= 4 is 23.2 Å². The van der Waals surface area contributed by atoms with Crippen LogP contribution >= 0.6 is 11.6 Å². The van der Waals surface area contributed by atoms with Gasteiger partial charge in [0.1, 0.15) is 5.75 Å². The van der Waals surface area contributed by atoms with Crippen LogP contribution in [0.5, 0.6) is 5.75 Å². The zero-order chi connectivity index (χ0) is 17.1. The van der Waals surface area contributed by atoms with Gasteiger partial charge in [0, 0.05) is 10.7 Å². The molecule has 1 aliphatic rings. The van der Waals surface area contributed by atoms with Gasteiger partial charge in [-0.05, 0) is 74.4 Å². The summed E-state index contributed by atoms with van der Waals surface area (Å²) in [7, 11) is 0. The lowest BCUT2D eigenvalue weighted by atomic mass is 9.91. The largest absolute Gasteiger partial charge is 0.481 e. The Morgan fingerprint density at radius 3 is 2.79 bits per heavy atom. The van der Waals surface area contributed by atoms with Crippen LogP contribution in [0.15, 0.2) is 36.4 Å². The molecule has 2 aromatic carbocycles. The zero-order valence-corrected chi connectivity index (χ0v) is 14.8. The summed E-state index contributed by atoms with van der Waals surface area (Å²) in [4.78, 5) is 12.4. The van der Waals surface area contributed by atoms with Crippen LogP contribution in [0.25, 0.3) is 0 Å². The van der Waals surface area contributed by atoms with E-state index in [9.17, 15) is 4.79 Å². The third-order valence-corrected chi connectivity index (χ3v) is 4.87. The van der Waals surface area contributed by atoms with Gasteiger partial charge in [-0.25, -0.2) is 0 Å². The summed E-state index contributed by atoms with van der Waals surface area (Å²) in [6, 6.07) is 11.6. The van der Waals surface area contributed by atoms with Gasteiger partial charge in [-0.2, -0.15) is 0 Å². The van der Waals surface area contributed by atoms with E-state index >= 15 is 0 Å². The van der Waals surface area contributed by atoms with Crippen LogP contribution in [-0.2, 0) is 17.6 Å². The molecule has 4 heteroatoms. The lowest BCUT2D eigenvalue weighted by Crippen LogP contribution is -2.30. The quantitative estimate of drug-likeness (QED) is 0.854. The first-order valence-corrected chi connectivity index (χ1v) is 8.77. The number of benzene rings is 2. The average Bonchev–Trinajstić information content (AvgIpc) is 2.58. The Hall–Kier alpha value is -2.00. The molecule has 24 heavy (non-hydrogen) atoms. The maximum atomic E-state index is 12.4. The fourth-order valence-electron chi connectivity index (χ4n) is 3.02. The fourth-order valence-corrected chi connectivity index (χ4v) is 3.20. The molecule has 0 spiro atoms. The molecule has 2 aromatic rings. The number of hydrogen-bond donors (Lipinski definition) is 1. The highest BCUT2D eigenvalue weighted by molar-refractivity contribution is 6.31. The van der Waals surface area contributed by atoms with Crippen molar-refractivity contribution in [1.29, 1.82) is 0 Å². The second-order valence-corrected chi connectivity index (χ2v) is 6.72. The molecule has 1 atom stereocenters. The summed E-state index contributed by atoms with van der Waals surface area (Å²) < 4.78 is 5.96. The standard InChI is InChI=1S/C20H22ClNO2/c1-13-10-11-16(12-18(13)21)22-20(23)14(2)24-19-9-5-7-15-6-3-4-8-17(15)19/h5,7,9-12,14H,3-4,6,8H2,1-2H3,(H,22,23)/t14-/m1/s1. The van der Waals surface area contributed by atoms with Gasteiger partial charge in [-0.3, -0.25) is 4.79 Å². The summed E-state index contributed by atoms with van der Waals surface area (Å²) in [5.74, 6) is 0.653. The van der Waals surface area contributed by atoms with Crippen molar-refractivity contribution in [2.45, 2.75) is 45.6 Å². The van der Waals surface area contributed by atoms with E-state index in [4.69, 9.17) is 16.3 Å². The topological polar surface area (TPSA) is 38.3 Å². The molecule has 1 amide bonds. The molecule has 1 N–H and O–H groups in total. The van der Waals surface area contributed by atoms with Gasteiger partial charge < -0.3 is 10.1 Å². The highest BCUT2D eigenvalue weighted by Crippen LogP contribution is 2.30. The minimum absolute atomic E-state index is 0.177. The van der Waals surface area contributed by atoms with Crippen molar-refractivity contribution in [1.82, 2.24) is 0 Å². The molecule has 3 nitrogen and oxygen atoms in total. The number of amides is 1. The van der Waals surface area contributed by atoms with Crippen LogP contribution in [0.1, 0.15) is 36.5 Å². The minimum Gasteiger partial charge on any atom is -0.481 e. The van der Waals surface area contributed by atoms with Crippen molar-refractivity contribution < 1.29 is 9.53 Å². The number of anilines is 1. The number of nitrogens with one attached hydrogen (secondary N) is 1. The Labute approximate surface area is 148 Å². The molecule has 0 heterocycles. The van der Waals surface area contributed by atoms with E-state index < -0.39 is 6.10 Å². The molecule has 1 aliphatic carbocycles. The first kappa shape index (κ1) is 16.8. The highest BCUT2D eigenvalue weighted by Gasteiger charge is 2.19. The van der Waals surface area contributed by atoms with Crippen LogP contribution < -0.4 is 10.1 Å². The maximum Gasteiger partial charge on any atom is 0.265 e. The predicted molar refractivity (Wildman–Crippen MR) is 98.0 cm³/mol. The number of ether oxygens (including phenoxy) is 1. The zero-order valence-electron chi connectivity index (χ0n) is 14.1. The Morgan fingerprint density at radius 2 is 2.00 bits per heavy atom. The van der Waals surface area contributed by atoms with Crippen molar-refractivity contribution in [2.24, 2.45) is 0 Å². The first-order valence-electron chi connectivity index (χ1n) is 8.39. The number of aryl methyl sites for hydroxylation is 2. The van der Waals surface area contributed by atoms with Crippen molar-refractivity contribution in [3.05, 3.63) is 58.1 Å². The number of rotatable bonds is 4. The van der Waals surface area contributed by atoms with Crippen LogP contribution in [0, 0.1) is 6.92 Å². The van der Waals surface area contributed by atoms with Crippen molar-refractivity contribution in [2.75, 3.05) is 5.32 Å². The second kappa shape index (κ2) is 7.27. The first-order chi connectivity index (χ1) is 11.5. The summed E-state index contributed by atoms with van der Waals surface area (Å²) in [5, 5.41) is 3.50. The monoisotopic (exact) mass is 343 g/mol. The van der Waals surface area contributed by atoms with Crippen LogP contribution in [0.2, 0.25) is 5.02 Å². The minimum atomic E-state index is -0.571. The highest BCUT2D eigenvalue weighted by atomic mass is 35.5. The van der Waals surface area contributed by atoms with Gasteiger partial charge in [0.25, 0.3) is 5.91 Å². The van der Waals surface area contributed by atoms with Gasteiger partial charge in [0.15, 0.2) is 6.10 Å². The number of hydrogen-bond acceptors (Lipinski definition) is 2. The molecular formula is C20H22ClNO2. The van der Waals surface area contributed by atoms with E-state index in [2.05, 4.69) is 11.4 Å². The van der Waals surface area contributed by atoms with Gasteiger partial charge in [-0.15, -0.1) is 0 Å². The molecule has 0 unspecified atom stereocenters. The lowest BCUT2D eigenvalue weighted by molar-refractivity contribution is -0.122. The van der Waals surface area contributed by atoms with E-state index in [1.54, 1.807) is 13.0 Å². The Kier molecular flexibility index (Phi) is 5.10. The van der Waals surface area contributed by atoms with E-state index in [0.717, 1.165) is 24.2 Å². The third-order valence-electron chi connectivity index (χ3n) is 4.47. The van der Waals surface area contributed by atoms with Crippen molar-refractivity contribution in [3.8, 4) is 5.75 Å². The van der Waals surface area contributed by atoms with Crippen molar-refractivity contribution in [3.63, 3.8) is 0 Å². The van der Waals surface area contributed by atoms with Gasteiger partial charge in [-0.1, -0.05) is 29.8 Å². The smallest absolute Gasteiger partial charge is 0.265 e. The molecule has 0 aliphatic heterocycles. The second-order valence-electron chi connectivity index (χ2n) is 6.31. The van der Waals surface area contributed by atoms with Crippen LogP contribution in [0.3, 0.4) is 0 Å². The molecule has 126 valence electrons. The average molecular weight is 344 g/mol. The molecule has 0 bridgehead atoms. The van der Waals surface area contributed by atoms with Gasteiger partial charge in [0.2, 0.25) is 0 Å². The summed E-state index contributed by atoms with van der Waals surface area (Å²) >= 11 is 6.10. The summed E-state index contributed by atoms with van der Waals surface area (Å²) in [6.45, 7) is 3.70. The fraction of sp³-hybridized carbons (Fsp3) is 0.350. The lowest BCUT2D eigenvalue weighted by Gasteiger charge is -2.22. The third kappa shape index (κ3) is 3.73. The van der Waals surface area contributed by atoms with Gasteiger partial charge in [0.05, 0.1) is 0 Å². The summed E-state index contributed by atoms with van der Waals surface area (Å²) in [6.07, 6.45) is 3.94. The van der Waals surface area contributed by atoms with E-state index in [1.165, 1.54) is 24.0 Å². The number of halogens is 1. The molecule has 0 fully saturated rings.